The Hall–Kier alpha value is -2.94. The van der Waals surface area contributed by atoms with Crippen LogP contribution in [0.5, 0.6) is 0 Å². The van der Waals surface area contributed by atoms with Gasteiger partial charge in [-0.05, 0) is 18.4 Å². The molecule has 0 saturated heterocycles. The van der Waals surface area contributed by atoms with Crippen molar-refractivity contribution in [2.45, 2.75) is 25.4 Å². The first-order valence-corrected chi connectivity index (χ1v) is 7.86. The number of nitrogens with one attached hydrogen (secondary N) is 1. The Balaban J connectivity index is 1.95. The van der Waals surface area contributed by atoms with Crippen molar-refractivity contribution in [1.29, 1.82) is 0 Å². The highest BCUT2D eigenvalue weighted by atomic mass is 16.6. The van der Waals surface area contributed by atoms with Crippen LogP contribution in [0.15, 0.2) is 35.1 Å². The topological polar surface area (TPSA) is 150 Å². The zero-order chi connectivity index (χ0) is 18.2. The Morgan fingerprint density at radius 2 is 2.00 bits per heavy atom. The minimum absolute atomic E-state index is 0.0710. The summed E-state index contributed by atoms with van der Waals surface area (Å²) in [5, 5.41) is 10.9. The lowest BCUT2D eigenvalue weighted by atomic mass is 9.95. The van der Waals surface area contributed by atoms with E-state index in [0.29, 0.717) is 26.1 Å². The number of hydrogen-bond donors (Lipinski definition) is 3. The molecule has 0 amide bonds. The van der Waals surface area contributed by atoms with Gasteiger partial charge in [-0.2, -0.15) is 4.98 Å². The standard InChI is InChI=1S/C16H21N5O4/c17-14-13(15(22)20-16(18)19-14)12(9-21(23)24)7-4-8-25-10-11-5-2-1-3-6-11/h1-3,5-6,12H,4,7-10H2,(H5,17,18,19,20,22). The van der Waals surface area contributed by atoms with Crippen LogP contribution in [-0.4, -0.2) is 28.0 Å². The van der Waals surface area contributed by atoms with Crippen LogP contribution in [0.25, 0.3) is 0 Å². The van der Waals surface area contributed by atoms with Crippen molar-refractivity contribution in [2.75, 3.05) is 24.6 Å². The fourth-order valence-corrected chi connectivity index (χ4v) is 2.62. The molecule has 0 spiro atoms. The van der Waals surface area contributed by atoms with Crippen molar-refractivity contribution < 1.29 is 9.66 Å². The highest BCUT2D eigenvalue weighted by Crippen LogP contribution is 2.23. The molecule has 0 radical (unpaired) electrons. The number of rotatable bonds is 9. The molecule has 25 heavy (non-hydrogen) atoms. The fourth-order valence-electron chi connectivity index (χ4n) is 2.62. The van der Waals surface area contributed by atoms with Crippen LogP contribution in [0.2, 0.25) is 0 Å². The summed E-state index contributed by atoms with van der Waals surface area (Å²) in [4.78, 5) is 28.6. The van der Waals surface area contributed by atoms with Gasteiger partial charge in [-0.1, -0.05) is 30.3 Å². The van der Waals surface area contributed by atoms with Crippen molar-refractivity contribution in [1.82, 2.24) is 9.97 Å². The van der Waals surface area contributed by atoms with Crippen LogP contribution in [-0.2, 0) is 11.3 Å². The molecular formula is C16H21N5O4. The molecule has 2 aromatic rings. The summed E-state index contributed by atoms with van der Waals surface area (Å²) >= 11 is 0. The van der Waals surface area contributed by atoms with E-state index < -0.39 is 22.9 Å². The number of ether oxygens (including phenoxy) is 1. The molecule has 2 rings (SSSR count). The third-order valence-electron chi connectivity index (χ3n) is 3.73. The maximum Gasteiger partial charge on any atom is 0.258 e. The number of aromatic nitrogens is 2. The number of anilines is 2. The monoisotopic (exact) mass is 347 g/mol. The van der Waals surface area contributed by atoms with Gasteiger partial charge in [0.2, 0.25) is 12.5 Å². The van der Waals surface area contributed by atoms with E-state index in [-0.39, 0.29) is 17.3 Å². The van der Waals surface area contributed by atoms with Crippen molar-refractivity contribution in [3.05, 3.63) is 61.9 Å². The van der Waals surface area contributed by atoms with Crippen LogP contribution in [0.3, 0.4) is 0 Å². The number of nitrogens with two attached hydrogens (primary N) is 2. The molecule has 0 saturated carbocycles. The quantitative estimate of drug-likeness (QED) is 0.351. The Morgan fingerprint density at radius 1 is 1.28 bits per heavy atom. The van der Waals surface area contributed by atoms with E-state index in [2.05, 4.69) is 9.97 Å². The zero-order valence-corrected chi connectivity index (χ0v) is 13.7. The SMILES string of the molecule is Nc1nc(N)c(C(CCCOCc2ccccc2)C[N+](=O)[O-])c(=O)[nH]1. The Kier molecular flexibility index (Phi) is 6.47. The van der Waals surface area contributed by atoms with Gasteiger partial charge in [0.25, 0.3) is 5.56 Å². The molecule has 0 aliphatic carbocycles. The number of H-pyrrole nitrogens is 1. The fraction of sp³-hybridized carbons (Fsp3) is 0.375. The van der Waals surface area contributed by atoms with E-state index in [9.17, 15) is 14.9 Å². The Labute approximate surface area is 144 Å². The van der Waals surface area contributed by atoms with E-state index in [4.69, 9.17) is 16.2 Å². The average molecular weight is 347 g/mol. The van der Waals surface area contributed by atoms with Crippen molar-refractivity contribution >= 4 is 11.8 Å². The first-order valence-electron chi connectivity index (χ1n) is 7.86. The number of hydrogen-bond acceptors (Lipinski definition) is 7. The third kappa shape index (κ3) is 5.57. The second-order valence-electron chi connectivity index (χ2n) is 5.64. The second-order valence-corrected chi connectivity index (χ2v) is 5.64. The van der Waals surface area contributed by atoms with Crippen LogP contribution < -0.4 is 17.0 Å². The third-order valence-corrected chi connectivity index (χ3v) is 3.73. The van der Waals surface area contributed by atoms with Gasteiger partial charge in [0.15, 0.2) is 0 Å². The Bertz CT molecular complexity index is 763. The van der Waals surface area contributed by atoms with E-state index in [1.54, 1.807) is 0 Å². The van der Waals surface area contributed by atoms with Gasteiger partial charge in [-0.25, -0.2) is 0 Å². The van der Waals surface area contributed by atoms with Gasteiger partial charge in [-0.3, -0.25) is 19.9 Å². The average Bonchev–Trinajstić information content (AvgIpc) is 2.53. The van der Waals surface area contributed by atoms with Crippen LogP contribution >= 0.6 is 0 Å². The number of nitrogen functional groups attached to an aromatic ring is 2. The van der Waals surface area contributed by atoms with E-state index in [0.717, 1.165) is 5.56 Å². The molecule has 5 N–H and O–H groups in total. The minimum Gasteiger partial charge on any atom is -0.383 e. The van der Waals surface area contributed by atoms with Crippen molar-refractivity contribution in [2.24, 2.45) is 0 Å². The largest absolute Gasteiger partial charge is 0.383 e. The van der Waals surface area contributed by atoms with Gasteiger partial charge in [-0.15, -0.1) is 0 Å². The second kappa shape index (κ2) is 8.78. The molecule has 134 valence electrons. The summed E-state index contributed by atoms with van der Waals surface area (Å²) in [6.07, 6.45) is 0.934. The number of nitrogens with zero attached hydrogens (tertiary/aromatic N) is 2. The maximum atomic E-state index is 12.0. The molecule has 9 nitrogen and oxygen atoms in total. The van der Waals surface area contributed by atoms with Crippen molar-refractivity contribution in [3.8, 4) is 0 Å². The van der Waals surface area contributed by atoms with Crippen LogP contribution in [0.4, 0.5) is 11.8 Å². The molecule has 1 aromatic heterocycles. The van der Waals surface area contributed by atoms with E-state index >= 15 is 0 Å². The smallest absolute Gasteiger partial charge is 0.258 e. The molecule has 0 aliphatic heterocycles. The van der Waals surface area contributed by atoms with Gasteiger partial charge in [0.1, 0.15) is 5.82 Å². The van der Waals surface area contributed by atoms with E-state index in [1.165, 1.54) is 0 Å². The first-order chi connectivity index (χ1) is 12.0. The lowest BCUT2D eigenvalue weighted by Gasteiger charge is -2.14. The predicted molar refractivity (Wildman–Crippen MR) is 93.6 cm³/mol. The molecule has 0 bridgehead atoms. The molecular weight excluding hydrogens is 326 g/mol. The normalized spacial score (nSPS) is 12.0. The highest BCUT2D eigenvalue weighted by molar-refractivity contribution is 5.43. The zero-order valence-electron chi connectivity index (χ0n) is 13.7. The lowest BCUT2D eigenvalue weighted by molar-refractivity contribution is -0.483. The van der Waals surface area contributed by atoms with Gasteiger partial charge in [0, 0.05) is 11.5 Å². The summed E-state index contributed by atoms with van der Waals surface area (Å²) < 4.78 is 5.57. The number of benzene rings is 1. The summed E-state index contributed by atoms with van der Waals surface area (Å²) in [5.41, 5.74) is 11.8. The molecule has 1 atom stereocenters. The number of nitro groups is 1. The lowest BCUT2D eigenvalue weighted by Crippen LogP contribution is -2.26. The van der Waals surface area contributed by atoms with Gasteiger partial charge < -0.3 is 16.2 Å². The summed E-state index contributed by atoms with van der Waals surface area (Å²) in [7, 11) is 0. The number of aromatic amines is 1. The minimum atomic E-state index is -0.646. The van der Waals surface area contributed by atoms with Crippen LogP contribution in [0, 0.1) is 10.1 Å². The van der Waals surface area contributed by atoms with Gasteiger partial charge in [0.05, 0.1) is 18.1 Å². The van der Waals surface area contributed by atoms with Crippen molar-refractivity contribution in [3.63, 3.8) is 0 Å². The first kappa shape index (κ1) is 18.4. The van der Waals surface area contributed by atoms with E-state index in [1.807, 2.05) is 30.3 Å². The van der Waals surface area contributed by atoms with Crippen LogP contribution in [0.1, 0.15) is 29.9 Å². The Morgan fingerprint density at radius 3 is 2.64 bits per heavy atom. The molecule has 9 heteroatoms. The predicted octanol–water partition coefficient (Wildman–Crippen LogP) is 1.29. The van der Waals surface area contributed by atoms with Gasteiger partial charge >= 0.3 is 0 Å². The summed E-state index contributed by atoms with van der Waals surface area (Å²) in [6.45, 7) is 0.480. The molecule has 1 unspecified atom stereocenters. The molecule has 0 fully saturated rings. The molecule has 1 heterocycles. The molecule has 1 aromatic carbocycles. The summed E-state index contributed by atoms with van der Waals surface area (Å²) in [6, 6.07) is 9.68. The molecule has 0 aliphatic rings. The summed E-state index contributed by atoms with van der Waals surface area (Å²) in [5.74, 6) is -0.831. The maximum absolute atomic E-state index is 12.0. The highest BCUT2D eigenvalue weighted by Gasteiger charge is 2.24.